The van der Waals surface area contributed by atoms with Crippen LogP contribution in [0.5, 0.6) is 0 Å². The SMILES string of the molecule is CCC1(CNC(=NC)NCCC(=O)N(C)C)CCCC1.I. The first kappa shape index (κ1) is 20.5. The van der Waals surface area contributed by atoms with Crippen molar-refractivity contribution in [3.8, 4) is 0 Å². The van der Waals surface area contributed by atoms with Gasteiger partial charge in [0.25, 0.3) is 0 Å². The molecule has 0 spiro atoms. The van der Waals surface area contributed by atoms with Crippen LogP contribution in [-0.2, 0) is 4.79 Å². The van der Waals surface area contributed by atoms with Crippen LogP contribution < -0.4 is 10.6 Å². The largest absolute Gasteiger partial charge is 0.356 e. The van der Waals surface area contributed by atoms with Crippen LogP contribution in [0.15, 0.2) is 4.99 Å². The molecular weight excluding hydrogens is 379 g/mol. The van der Waals surface area contributed by atoms with Gasteiger partial charge in [0.2, 0.25) is 5.91 Å². The molecule has 1 aliphatic carbocycles. The van der Waals surface area contributed by atoms with E-state index in [2.05, 4.69) is 22.5 Å². The van der Waals surface area contributed by atoms with E-state index in [1.807, 2.05) is 0 Å². The van der Waals surface area contributed by atoms with Gasteiger partial charge in [0.05, 0.1) is 0 Å². The average molecular weight is 410 g/mol. The molecule has 6 heteroatoms. The highest BCUT2D eigenvalue weighted by Crippen LogP contribution is 2.40. The van der Waals surface area contributed by atoms with Crippen molar-refractivity contribution in [1.82, 2.24) is 15.5 Å². The molecule has 21 heavy (non-hydrogen) atoms. The Balaban J connectivity index is 0.00000400. The van der Waals surface area contributed by atoms with Gasteiger partial charge in [0.1, 0.15) is 0 Å². The first-order valence-corrected chi connectivity index (χ1v) is 7.67. The van der Waals surface area contributed by atoms with Gasteiger partial charge in [0, 0.05) is 40.7 Å². The minimum Gasteiger partial charge on any atom is -0.356 e. The Bertz CT molecular complexity index is 339. The second-order valence-electron chi connectivity index (χ2n) is 5.95. The first-order valence-electron chi connectivity index (χ1n) is 7.67. The summed E-state index contributed by atoms with van der Waals surface area (Å²) in [5.41, 5.74) is 0.442. The van der Waals surface area contributed by atoms with Crippen LogP contribution in [0, 0.1) is 5.41 Å². The zero-order valence-electron chi connectivity index (χ0n) is 13.9. The van der Waals surface area contributed by atoms with Crippen LogP contribution >= 0.6 is 24.0 Å². The number of guanidine groups is 1. The number of hydrogen-bond donors (Lipinski definition) is 2. The molecule has 0 aromatic carbocycles. The predicted octanol–water partition coefficient (Wildman–Crippen LogP) is 2.22. The Morgan fingerprint density at radius 2 is 1.86 bits per heavy atom. The van der Waals surface area contributed by atoms with Gasteiger partial charge in [-0.15, -0.1) is 24.0 Å². The molecule has 0 radical (unpaired) electrons. The molecule has 0 heterocycles. The smallest absolute Gasteiger partial charge is 0.223 e. The summed E-state index contributed by atoms with van der Waals surface area (Å²) in [6.45, 7) is 3.87. The third-order valence-electron chi connectivity index (χ3n) is 4.40. The van der Waals surface area contributed by atoms with Crippen molar-refractivity contribution < 1.29 is 4.79 Å². The van der Waals surface area contributed by atoms with Crippen molar-refractivity contribution in [2.24, 2.45) is 10.4 Å². The summed E-state index contributed by atoms with van der Waals surface area (Å²) in [4.78, 5) is 17.3. The molecule has 0 unspecified atom stereocenters. The molecule has 0 aromatic rings. The standard InChI is InChI=1S/C15H30N4O.HI/c1-5-15(9-6-7-10-15)12-18-14(16-2)17-11-8-13(20)19(3)4;/h5-12H2,1-4H3,(H2,16,17,18);1H. The van der Waals surface area contributed by atoms with Crippen molar-refractivity contribution in [1.29, 1.82) is 0 Å². The van der Waals surface area contributed by atoms with E-state index in [1.54, 1.807) is 26.0 Å². The fourth-order valence-corrected chi connectivity index (χ4v) is 2.78. The topological polar surface area (TPSA) is 56.7 Å². The van der Waals surface area contributed by atoms with Crippen LogP contribution in [0.25, 0.3) is 0 Å². The number of rotatable bonds is 6. The lowest BCUT2D eigenvalue weighted by atomic mass is 9.83. The molecule has 124 valence electrons. The number of hydrogen-bond acceptors (Lipinski definition) is 2. The molecule has 1 amide bonds. The summed E-state index contributed by atoms with van der Waals surface area (Å²) in [6.07, 6.45) is 7.03. The summed E-state index contributed by atoms with van der Waals surface area (Å²) in [7, 11) is 5.33. The van der Waals surface area contributed by atoms with E-state index in [0.29, 0.717) is 18.4 Å². The van der Waals surface area contributed by atoms with Gasteiger partial charge in [-0.05, 0) is 24.7 Å². The van der Waals surface area contributed by atoms with Gasteiger partial charge in [-0.2, -0.15) is 0 Å². The molecule has 0 atom stereocenters. The fourth-order valence-electron chi connectivity index (χ4n) is 2.78. The summed E-state index contributed by atoms with van der Waals surface area (Å²) in [6, 6.07) is 0. The molecule has 2 N–H and O–H groups in total. The van der Waals surface area contributed by atoms with Crippen molar-refractivity contribution in [3.63, 3.8) is 0 Å². The molecule has 1 aliphatic rings. The lowest BCUT2D eigenvalue weighted by molar-refractivity contribution is -0.128. The Labute approximate surface area is 146 Å². The van der Waals surface area contributed by atoms with E-state index in [-0.39, 0.29) is 29.9 Å². The van der Waals surface area contributed by atoms with Crippen LogP contribution in [0.3, 0.4) is 0 Å². The summed E-state index contributed by atoms with van der Waals surface area (Å²) >= 11 is 0. The van der Waals surface area contributed by atoms with Crippen LogP contribution in [0.2, 0.25) is 0 Å². The lowest BCUT2D eigenvalue weighted by Gasteiger charge is -2.28. The van der Waals surface area contributed by atoms with Gasteiger partial charge in [-0.3, -0.25) is 9.79 Å². The minimum absolute atomic E-state index is 0. The number of amides is 1. The van der Waals surface area contributed by atoms with E-state index in [0.717, 1.165) is 12.5 Å². The molecule has 0 bridgehead atoms. The highest BCUT2D eigenvalue weighted by Gasteiger charge is 2.31. The third-order valence-corrected chi connectivity index (χ3v) is 4.40. The average Bonchev–Trinajstić information content (AvgIpc) is 2.91. The molecule has 5 nitrogen and oxygen atoms in total. The minimum atomic E-state index is 0. The molecule has 1 rings (SSSR count). The van der Waals surface area contributed by atoms with Crippen molar-refractivity contribution in [2.45, 2.75) is 45.4 Å². The zero-order chi connectivity index (χ0) is 15.0. The molecular formula is C15H31IN4O. The summed E-state index contributed by atoms with van der Waals surface area (Å²) < 4.78 is 0. The van der Waals surface area contributed by atoms with E-state index in [1.165, 1.54) is 32.1 Å². The quantitative estimate of drug-likeness (QED) is 0.401. The van der Waals surface area contributed by atoms with E-state index >= 15 is 0 Å². The van der Waals surface area contributed by atoms with E-state index in [4.69, 9.17) is 0 Å². The highest BCUT2D eigenvalue weighted by atomic mass is 127. The lowest BCUT2D eigenvalue weighted by Crippen LogP contribution is -2.43. The number of carbonyl (C=O) groups excluding carboxylic acids is 1. The van der Waals surface area contributed by atoms with Crippen LogP contribution in [-0.4, -0.2) is 51.0 Å². The Morgan fingerprint density at radius 1 is 1.24 bits per heavy atom. The Kier molecular flexibility index (Phi) is 9.98. The number of halogens is 1. The summed E-state index contributed by atoms with van der Waals surface area (Å²) in [5, 5.41) is 6.63. The normalized spacial score (nSPS) is 17.0. The van der Waals surface area contributed by atoms with Gasteiger partial charge in [0.15, 0.2) is 5.96 Å². The predicted molar refractivity (Wildman–Crippen MR) is 99.3 cm³/mol. The molecule has 1 fully saturated rings. The van der Waals surface area contributed by atoms with Crippen LogP contribution in [0.1, 0.15) is 45.4 Å². The zero-order valence-corrected chi connectivity index (χ0v) is 16.2. The second kappa shape index (κ2) is 10.2. The van der Waals surface area contributed by atoms with E-state index < -0.39 is 0 Å². The van der Waals surface area contributed by atoms with Gasteiger partial charge in [-0.1, -0.05) is 19.8 Å². The Hall–Kier alpha value is -0.530. The van der Waals surface area contributed by atoms with Crippen molar-refractivity contribution in [3.05, 3.63) is 0 Å². The number of aliphatic imine (C=N–C) groups is 1. The maximum absolute atomic E-state index is 11.5. The monoisotopic (exact) mass is 410 g/mol. The highest BCUT2D eigenvalue weighted by molar-refractivity contribution is 14.0. The van der Waals surface area contributed by atoms with Crippen molar-refractivity contribution >= 4 is 35.8 Å². The maximum atomic E-state index is 11.5. The fraction of sp³-hybridized carbons (Fsp3) is 0.867. The molecule has 0 saturated heterocycles. The van der Waals surface area contributed by atoms with Gasteiger partial charge in [-0.25, -0.2) is 0 Å². The maximum Gasteiger partial charge on any atom is 0.223 e. The Morgan fingerprint density at radius 3 is 2.33 bits per heavy atom. The van der Waals surface area contributed by atoms with Crippen molar-refractivity contribution in [2.75, 3.05) is 34.2 Å². The number of nitrogens with one attached hydrogen (secondary N) is 2. The molecule has 0 aliphatic heterocycles. The number of nitrogens with zero attached hydrogens (tertiary/aromatic N) is 2. The third kappa shape index (κ3) is 6.84. The van der Waals surface area contributed by atoms with Gasteiger partial charge < -0.3 is 15.5 Å². The first-order chi connectivity index (χ1) is 9.53. The van der Waals surface area contributed by atoms with Gasteiger partial charge >= 0.3 is 0 Å². The van der Waals surface area contributed by atoms with E-state index in [9.17, 15) is 4.79 Å². The van der Waals surface area contributed by atoms with Crippen LogP contribution in [0.4, 0.5) is 0 Å². The molecule has 0 aromatic heterocycles. The number of carbonyl (C=O) groups is 1. The summed E-state index contributed by atoms with van der Waals surface area (Å²) in [5.74, 6) is 0.935. The second-order valence-corrected chi connectivity index (χ2v) is 5.95. The molecule has 1 saturated carbocycles.